The van der Waals surface area contributed by atoms with Crippen LogP contribution in [0.25, 0.3) is 0 Å². The van der Waals surface area contributed by atoms with Gasteiger partial charge < -0.3 is 4.74 Å². The van der Waals surface area contributed by atoms with Crippen molar-refractivity contribution >= 4 is 23.1 Å². The summed E-state index contributed by atoms with van der Waals surface area (Å²) in [4.78, 5) is 21.3. The topological polar surface area (TPSA) is 69.4 Å². The minimum atomic E-state index is -0.514. The molecule has 0 bridgehead atoms. The lowest BCUT2D eigenvalue weighted by Crippen LogP contribution is -2.25. The Kier molecular flexibility index (Phi) is 3.81. The maximum atomic E-state index is 11.3. The summed E-state index contributed by atoms with van der Waals surface area (Å²) in [6.07, 6.45) is 2.43. The highest BCUT2D eigenvalue weighted by Gasteiger charge is 2.22. The van der Waals surface area contributed by atoms with Crippen molar-refractivity contribution in [3.63, 3.8) is 0 Å². The quantitative estimate of drug-likeness (QED) is 0.624. The molecule has 0 amide bonds. The van der Waals surface area contributed by atoms with Crippen LogP contribution in [0.1, 0.15) is 25.7 Å². The average Bonchev–Trinajstić information content (AvgIpc) is 2.31. The standard InChI is InChI=1S/C12H12ClNO4/c13-11-6-8(14(16)17)4-5-12(11)18-10-3-1-2-9(15)7-10/h4-6,10H,1-3,7H2. The van der Waals surface area contributed by atoms with Gasteiger partial charge in [0.15, 0.2) is 0 Å². The lowest BCUT2D eigenvalue weighted by molar-refractivity contribution is -0.384. The number of benzene rings is 1. The fourth-order valence-electron chi connectivity index (χ4n) is 1.96. The number of ketones is 1. The molecule has 0 saturated heterocycles. The molecular formula is C12H12ClNO4. The molecule has 1 unspecified atom stereocenters. The van der Waals surface area contributed by atoms with Crippen LogP contribution in [0.15, 0.2) is 18.2 Å². The van der Waals surface area contributed by atoms with Crippen molar-refractivity contribution in [2.45, 2.75) is 31.8 Å². The van der Waals surface area contributed by atoms with E-state index in [0.717, 1.165) is 12.8 Å². The maximum Gasteiger partial charge on any atom is 0.271 e. The van der Waals surface area contributed by atoms with E-state index >= 15 is 0 Å². The fraction of sp³-hybridized carbons (Fsp3) is 0.417. The normalized spacial score (nSPS) is 19.6. The molecule has 2 rings (SSSR count). The zero-order valence-corrected chi connectivity index (χ0v) is 10.4. The minimum absolute atomic E-state index is 0.0768. The van der Waals surface area contributed by atoms with Crippen molar-refractivity contribution in [1.29, 1.82) is 0 Å². The largest absolute Gasteiger partial charge is 0.488 e. The highest BCUT2D eigenvalue weighted by Crippen LogP contribution is 2.31. The van der Waals surface area contributed by atoms with Gasteiger partial charge in [-0.2, -0.15) is 0 Å². The number of ether oxygens (including phenoxy) is 1. The lowest BCUT2D eigenvalue weighted by atomic mass is 9.96. The molecule has 0 spiro atoms. The van der Waals surface area contributed by atoms with Crippen molar-refractivity contribution in [1.82, 2.24) is 0 Å². The third kappa shape index (κ3) is 2.98. The monoisotopic (exact) mass is 269 g/mol. The summed E-state index contributed by atoms with van der Waals surface area (Å²) in [7, 11) is 0. The molecule has 0 heterocycles. The number of hydrogen-bond donors (Lipinski definition) is 0. The number of Topliss-reactive ketones (excluding diaryl/α,β-unsaturated/α-hetero) is 1. The van der Waals surface area contributed by atoms with E-state index in [-0.39, 0.29) is 22.6 Å². The van der Waals surface area contributed by atoms with Crippen LogP contribution in [0, 0.1) is 10.1 Å². The molecule has 0 aliphatic heterocycles. The predicted octanol–water partition coefficient (Wildman–Crippen LogP) is 3.14. The summed E-state index contributed by atoms with van der Waals surface area (Å²) in [6, 6.07) is 4.06. The summed E-state index contributed by atoms with van der Waals surface area (Å²) in [6.45, 7) is 0. The molecule has 96 valence electrons. The molecular weight excluding hydrogens is 258 g/mol. The molecule has 1 aromatic carbocycles. The van der Waals surface area contributed by atoms with Crippen molar-refractivity contribution in [3.8, 4) is 5.75 Å². The zero-order valence-electron chi connectivity index (χ0n) is 9.60. The van der Waals surface area contributed by atoms with Gasteiger partial charge in [-0.3, -0.25) is 14.9 Å². The van der Waals surface area contributed by atoms with E-state index in [1.165, 1.54) is 18.2 Å². The highest BCUT2D eigenvalue weighted by atomic mass is 35.5. The van der Waals surface area contributed by atoms with Gasteiger partial charge >= 0.3 is 0 Å². The summed E-state index contributed by atoms with van der Waals surface area (Å²) in [5.74, 6) is 0.575. The van der Waals surface area contributed by atoms with Gasteiger partial charge in [-0.25, -0.2) is 0 Å². The SMILES string of the molecule is O=C1CCCC(Oc2ccc([N+](=O)[O-])cc2Cl)C1. The van der Waals surface area contributed by atoms with Gasteiger partial charge in [-0.15, -0.1) is 0 Å². The van der Waals surface area contributed by atoms with Crippen LogP contribution in [-0.4, -0.2) is 16.8 Å². The Morgan fingerprint density at radius 2 is 2.22 bits per heavy atom. The van der Waals surface area contributed by atoms with Gasteiger partial charge in [0.2, 0.25) is 0 Å². The van der Waals surface area contributed by atoms with Crippen LogP contribution in [0.4, 0.5) is 5.69 Å². The molecule has 6 heteroatoms. The lowest BCUT2D eigenvalue weighted by Gasteiger charge is -2.22. The molecule has 1 fully saturated rings. The van der Waals surface area contributed by atoms with Crippen LogP contribution >= 0.6 is 11.6 Å². The van der Waals surface area contributed by atoms with Gasteiger partial charge in [0, 0.05) is 25.0 Å². The first-order chi connectivity index (χ1) is 8.56. The minimum Gasteiger partial charge on any atom is -0.488 e. The van der Waals surface area contributed by atoms with Gasteiger partial charge in [-0.1, -0.05) is 11.6 Å². The molecule has 1 saturated carbocycles. The Morgan fingerprint density at radius 1 is 1.44 bits per heavy atom. The molecule has 1 aliphatic rings. The van der Waals surface area contributed by atoms with E-state index in [9.17, 15) is 14.9 Å². The number of non-ortho nitro benzene ring substituents is 1. The summed E-state index contributed by atoms with van der Waals surface area (Å²) in [5, 5.41) is 10.8. The molecule has 1 atom stereocenters. The Balaban J connectivity index is 2.09. The molecule has 18 heavy (non-hydrogen) atoms. The molecule has 1 aromatic rings. The van der Waals surface area contributed by atoms with Gasteiger partial charge in [0.05, 0.1) is 9.95 Å². The number of hydrogen-bond acceptors (Lipinski definition) is 4. The van der Waals surface area contributed by atoms with E-state index in [4.69, 9.17) is 16.3 Å². The second-order valence-corrected chi connectivity index (χ2v) is 4.65. The number of rotatable bonds is 3. The molecule has 0 N–H and O–H groups in total. The molecule has 0 radical (unpaired) electrons. The van der Waals surface area contributed by atoms with Crippen LogP contribution in [0.5, 0.6) is 5.75 Å². The Labute approximate surface area is 109 Å². The van der Waals surface area contributed by atoms with Crippen molar-refractivity contribution < 1.29 is 14.5 Å². The number of halogens is 1. The summed E-state index contributed by atoms with van der Waals surface area (Å²) in [5.41, 5.74) is -0.0768. The summed E-state index contributed by atoms with van der Waals surface area (Å²) < 4.78 is 5.62. The highest BCUT2D eigenvalue weighted by molar-refractivity contribution is 6.32. The second-order valence-electron chi connectivity index (χ2n) is 4.25. The Hall–Kier alpha value is -1.62. The fourth-order valence-corrected chi connectivity index (χ4v) is 2.18. The zero-order chi connectivity index (χ0) is 13.1. The Morgan fingerprint density at radius 3 is 2.83 bits per heavy atom. The third-order valence-electron chi connectivity index (χ3n) is 2.86. The van der Waals surface area contributed by atoms with Crippen molar-refractivity contribution in [2.75, 3.05) is 0 Å². The molecule has 5 nitrogen and oxygen atoms in total. The van der Waals surface area contributed by atoms with Crippen LogP contribution in [-0.2, 0) is 4.79 Å². The maximum absolute atomic E-state index is 11.3. The number of carbonyl (C=O) groups is 1. The van der Waals surface area contributed by atoms with Crippen LogP contribution in [0.2, 0.25) is 5.02 Å². The van der Waals surface area contributed by atoms with E-state index in [1.807, 2.05) is 0 Å². The van der Waals surface area contributed by atoms with E-state index in [2.05, 4.69) is 0 Å². The average molecular weight is 270 g/mol. The number of nitrogens with zero attached hydrogens (tertiary/aromatic N) is 1. The Bertz CT molecular complexity index is 489. The first-order valence-electron chi connectivity index (χ1n) is 5.68. The first kappa shape index (κ1) is 12.8. The number of carbonyl (C=O) groups excluding carboxylic acids is 1. The third-order valence-corrected chi connectivity index (χ3v) is 3.15. The van der Waals surface area contributed by atoms with E-state index in [0.29, 0.717) is 18.6 Å². The number of nitro groups is 1. The van der Waals surface area contributed by atoms with Crippen LogP contribution in [0.3, 0.4) is 0 Å². The van der Waals surface area contributed by atoms with E-state index in [1.54, 1.807) is 0 Å². The van der Waals surface area contributed by atoms with Gasteiger partial charge in [0.25, 0.3) is 5.69 Å². The number of nitro benzene ring substituents is 1. The smallest absolute Gasteiger partial charge is 0.271 e. The van der Waals surface area contributed by atoms with Crippen molar-refractivity contribution in [3.05, 3.63) is 33.3 Å². The van der Waals surface area contributed by atoms with Gasteiger partial charge in [0.1, 0.15) is 17.6 Å². The molecule has 1 aliphatic carbocycles. The molecule has 0 aromatic heterocycles. The first-order valence-corrected chi connectivity index (χ1v) is 6.06. The second kappa shape index (κ2) is 5.35. The van der Waals surface area contributed by atoms with E-state index < -0.39 is 4.92 Å². The summed E-state index contributed by atoms with van der Waals surface area (Å²) >= 11 is 5.91. The van der Waals surface area contributed by atoms with Crippen LogP contribution < -0.4 is 4.74 Å². The predicted molar refractivity (Wildman–Crippen MR) is 66.0 cm³/mol. The van der Waals surface area contributed by atoms with Gasteiger partial charge in [-0.05, 0) is 18.9 Å². The van der Waals surface area contributed by atoms with Crippen molar-refractivity contribution in [2.24, 2.45) is 0 Å².